The van der Waals surface area contributed by atoms with Gasteiger partial charge >= 0.3 is 0 Å². The fourth-order valence-electron chi connectivity index (χ4n) is 2.58. The summed E-state index contributed by atoms with van der Waals surface area (Å²) < 4.78 is 70.7. The van der Waals surface area contributed by atoms with Crippen molar-refractivity contribution in [3.63, 3.8) is 0 Å². The summed E-state index contributed by atoms with van der Waals surface area (Å²) >= 11 is 0. The van der Waals surface area contributed by atoms with Crippen LogP contribution in [0.25, 0.3) is 11.1 Å². The van der Waals surface area contributed by atoms with Crippen molar-refractivity contribution in [1.29, 1.82) is 0 Å². The molecule has 0 fully saturated rings. The van der Waals surface area contributed by atoms with Crippen LogP contribution in [0, 0.1) is 0 Å². The summed E-state index contributed by atoms with van der Waals surface area (Å²) in [6.45, 7) is -0.293. The molecule has 0 amide bonds. The molecule has 0 saturated heterocycles. The van der Waals surface area contributed by atoms with Crippen molar-refractivity contribution in [2.75, 3.05) is 38.8 Å². The molecule has 0 bridgehead atoms. The Morgan fingerprint density at radius 2 is 1.11 bits per heavy atom. The van der Waals surface area contributed by atoms with Crippen LogP contribution < -0.4 is 9.47 Å². The van der Waals surface area contributed by atoms with Gasteiger partial charge in [-0.05, 0) is 35.4 Å². The third-order valence-corrected chi connectivity index (χ3v) is 5.64. The number of azo groups is 2. The number of methoxy groups -OCH3 is 2. The Morgan fingerprint density at radius 3 is 1.44 bits per heavy atom. The SMILES string of the molecule is COc1cc(-c2ccc(N=NC=NCCS(=O)(=O)O)c(OC)c2)ccc1N=NC=NCCS(=O)(=O)O. The molecule has 2 aromatic rings. The van der Waals surface area contributed by atoms with E-state index in [9.17, 15) is 16.8 Å². The summed E-state index contributed by atoms with van der Waals surface area (Å²) in [5, 5.41) is 15.5. The van der Waals surface area contributed by atoms with Gasteiger partial charge in [-0.3, -0.25) is 19.1 Å². The van der Waals surface area contributed by atoms with Gasteiger partial charge in [0.1, 0.15) is 35.6 Å². The van der Waals surface area contributed by atoms with Gasteiger partial charge < -0.3 is 9.47 Å². The summed E-state index contributed by atoms with van der Waals surface area (Å²) in [5.41, 5.74) is 2.38. The minimum atomic E-state index is -4.08. The Hall–Kier alpha value is -3.60. The highest BCUT2D eigenvalue weighted by atomic mass is 32.2. The topological polar surface area (TPSA) is 201 Å². The largest absolute Gasteiger partial charge is 0.494 e. The Balaban J connectivity index is 2.13. The van der Waals surface area contributed by atoms with Crippen molar-refractivity contribution in [1.82, 2.24) is 0 Å². The maximum absolute atomic E-state index is 10.6. The van der Waals surface area contributed by atoms with E-state index in [-0.39, 0.29) is 13.1 Å². The minimum Gasteiger partial charge on any atom is -0.494 e. The van der Waals surface area contributed by atoms with Gasteiger partial charge in [0.25, 0.3) is 20.2 Å². The van der Waals surface area contributed by atoms with E-state index in [1.165, 1.54) is 14.2 Å². The van der Waals surface area contributed by atoms with E-state index < -0.39 is 31.7 Å². The molecule has 0 spiro atoms. The van der Waals surface area contributed by atoms with Crippen molar-refractivity contribution in [2.45, 2.75) is 0 Å². The first-order valence-electron chi connectivity index (χ1n) is 10.1. The van der Waals surface area contributed by atoms with E-state index in [1.807, 2.05) is 0 Å². The zero-order chi connectivity index (χ0) is 26.6. The Morgan fingerprint density at radius 1 is 0.722 bits per heavy atom. The number of rotatable bonds is 13. The average Bonchev–Trinajstić information content (AvgIpc) is 2.82. The molecule has 2 N–H and O–H groups in total. The summed E-state index contributed by atoms with van der Waals surface area (Å²) in [6, 6.07) is 10.4. The summed E-state index contributed by atoms with van der Waals surface area (Å²) in [6.07, 6.45) is 2.16. The second-order valence-corrected chi connectivity index (χ2v) is 9.96. The molecule has 2 rings (SSSR count). The smallest absolute Gasteiger partial charge is 0.266 e. The van der Waals surface area contributed by atoms with Gasteiger partial charge in [0.2, 0.25) is 0 Å². The zero-order valence-corrected chi connectivity index (χ0v) is 20.9. The van der Waals surface area contributed by atoms with Crippen LogP contribution in [0.2, 0.25) is 0 Å². The van der Waals surface area contributed by atoms with Crippen LogP contribution in [0.3, 0.4) is 0 Å². The van der Waals surface area contributed by atoms with Gasteiger partial charge in [0.15, 0.2) is 0 Å². The average molecular weight is 541 g/mol. The highest BCUT2D eigenvalue weighted by Crippen LogP contribution is 2.36. The number of hydrogen-bond acceptors (Lipinski definition) is 10. The van der Waals surface area contributed by atoms with E-state index in [0.717, 1.165) is 23.8 Å². The maximum Gasteiger partial charge on any atom is 0.266 e. The Labute approximate surface area is 208 Å². The number of ether oxygens (including phenoxy) is 2. The number of benzene rings is 2. The third kappa shape index (κ3) is 10.3. The normalized spacial score (nSPS) is 12.9. The first-order valence-corrected chi connectivity index (χ1v) is 13.3. The standard InChI is InChI=1S/C20H24N6O8S2/c1-33-19-11-15(3-5-17(19)25-23-13-21-7-9-35(27,28)29)16-4-6-18(20(12-16)34-2)26-24-14-22-8-10-36(30,31)32/h3-6,11-14H,7-10H2,1-2H3,(H,27,28,29)(H,30,31,32). The molecule has 14 nitrogen and oxygen atoms in total. The summed E-state index contributed by atoms with van der Waals surface area (Å²) in [5.74, 6) is -0.172. The predicted molar refractivity (Wildman–Crippen MR) is 134 cm³/mol. The number of hydrogen-bond donors (Lipinski definition) is 2. The van der Waals surface area contributed by atoms with Crippen molar-refractivity contribution in [3.8, 4) is 22.6 Å². The maximum atomic E-state index is 10.6. The zero-order valence-electron chi connectivity index (χ0n) is 19.3. The first-order chi connectivity index (χ1) is 17.0. The molecule has 36 heavy (non-hydrogen) atoms. The predicted octanol–water partition coefficient (Wildman–Crippen LogP) is 3.37. The molecule has 0 saturated carbocycles. The summed E-state index contributed by atoms with van der Waals surface area (Å²) in [7, 11) is -5.22. The van der Waals surface area contributed by atoms with Gasteiger partial charge in [-0.25, -0.2) is 0 Å². The van der Waals surface area contributed by atoms with Crippen LogP contribution in [-0.4, -0.2) is 77.4 Å². The minimum absolute atomic E-state index is 0.147. The van der Waals surface area contributed by atoms with Gasteiger partial charge in [0.05, 0.1) is 38.8 Å². The lowest BCUT2D eigenvalue weighted by Crippen LogP contribution is -2.06. The molecule has 16 heteroatoms. The molecule has 0 heterocycles. The molecule has 0 radical (unpaired) electrons. The van der Waals surface area contributed by atoms with Gasteiger partial charge in [-0.1, -0.05) is 12.1 Å². The third-order valence-electron chi connectivity index (χ3n) is 4.25. The van der Waals surface area contributed by atoms with Crippen LogP contribution in [0.1, 0.15) is 0 Å². The van der Waals surface area contributed by atoms with Crippen LogP contribution >= 0.6 is 0 Å². The van der Waals surface area contributed by atoms with Crippen molar-refractivity contribution >= 4 is 44.3 Å². The van der Waals surface area contributed by atoms with Crippen molar-refractivity contribution in [3.05, 3.63) is 36.4 Å². The highest BCUT2D eigenvalue weighted by Gasteiger charge is 2.09. The number of aliphatic imine (C=N–C) groups is 2. The number of nitrogens with zero attached hydrogens (tertiary/aromatic N) is 6. The van der Waals surface area contributed by atoms with Gasteiger partial charge in [0, 0.05) is 0 Å². The van der Waals surface area contributed by atoms with Crippen LogP contribution in [0.5, 0.6) is 11.5 Å². The van der Waals surface area contributed by atoms with Crippen molar-refractivity contribution < 1.29 is 35.4 Å². The lowest BCUT2D eigenvalue weighted by molar-refractivity contribution is 0.415. The van der Waals surface area contributed by atoms with Crippen LogP contribution in [0.4, 0.5) is 11.4 Å². The fraction of sp³-hybridized carbons (Fsp3) is 0.300. The second kappa shape index (κ2) is 13.5. The molecule has 194 valence electrons. The van der Waals surface area contributed by atoms with E-state index in [1.54, 1.807) is 36.4 Å². The lowest BCUT2D eigenvalue weighted by atomic mass is 10.0. The molecule has 0 aliphatic heterocycles. The van der Waals surface area contributed by atoms with E-state index in [4.69, 9.17) is 18.6 Å². The second-order valence-electron chi connectivity index (χ2n) is 6.82. The molecular formula is C20H24N6O8S2. The van der Waals surface area contributed by atoms with Crippen molar-refractivity contribution in [2.24, 2.45) is 30.4 Å². The molecule has 0 aromatic heterocycles. The Kier molecular flexibility index (Phi) is 10.7. The molecule has 0 aliphatic carbocycles. The highest BCUT2D eigenvalue weighted by molar-refractivity contribution is 7.86. The van der Waals surface area contributed by atoms with E-state index >= 15 is 0 Å². The fourth-order valence-corrected chi connectivity index (χ4v) is 3.25. The quantitative estimate of drug-likeness (QED) is 0.166. The molecular weight excluding hydrogens is 516 g/mol. The molecule has 0 unspecified atom stereocenters. The van der Waals surface area contributed by atoms with E-state index in [2.05, 4.69) is 30.4 Å². The lowest BCUT2D eigenvalue weighted by Gasteiger charge is -2.10. The summed E-state index contributed by atoms with van der Waals surface area (Å²) in [4.78, 5) is 7.45. The van der Waals surface area contributed by atoms with Crippen LogP contribution in [-0.2, 0) is 20.2 Å². The Bertz CT molecular complexity index is 1270. The van der Waals surface area contributed by atoms with Gasteiger partial charge in [-0.2, -0.15) is 16.8 Å². The van der Waals surface area contributed by atoms with Crippen LogP contribution in [0.15, 0.2) is 66.8 Å². The molecule has 0 atom stereocenters. The van der Waals surface area contributed by atoms with Gasteiger partial charge in [-0.15, -0.1) is 20.5 Å². The van der Waals surface area contributed by atoms with E-state index in [0.29, 0.717) is 22.9 Å². The molecule has 0 aliphatic rings. The monoisotopic (exact) mass is 540 g/mol. The molecule has 2 aromatic carbocycles. The first kappa shape index (κ1) is 28.6.